The topological polar surface area (TPSA) is 73.9 Å². The molecule has 1 aliphatic heterocycles. The lowest BCUT2D eigenvalue weighted by Gasteiger charge is -2.39. The van der Waals surface area contributed by atoms with Crippen molar-refractivity contribution in [3.8, 4) is 68.0 Å². The quantitative estimate of drug-likeness (QED) is 0.165. The molecule has 0 saturated carbocycles. The number of hydrogen-bond acceptors (Lipinski definition) is 6. The van der Waals surface area contributed by atoms with E-state index in [1.165, 1.54) is 22.3 Å². The van der Waals surface area contributed by atoms with Crippen molar-refractivity contribution in [2.45, 2.75) is 5.41 Å². The van der Waals surface area contributed by atoms with Gasteiger partial charge in [-0.1, -0.05) is 158 Å². The minimum Gasteiger partial charge on any atom is -0.457 e. The molecule has 0 atom stereocenters. The Balaban J connectivity index is 1.01. The molecule has 0 unspecified atom stereocenters. The number of benzene rings is 9. The summed E-state index contributed by atoms with van der Waals surface area (Å²) in [6, 6.07) is 71.9. The first-order valence-corrected chi connectivity index (χ1v) is 21.9. The second kappa shape index (κ2) is 13.6. The van der Waals surface area contributed by atoms with Crippen molar-refractivity contribution in [1.29, 1.82) is 0 Å². The van der Waals surface area contributed by atoms with Crippen LogP contribution in [0.1, 0.15) is 22.3 Å². The van der Waals surface area contributed by atoms with Gasteiger partial charge < -0.3 is 9.15 Å². The van der Waals surface area contributed by atoms with Crippen LogP contribution in [-0.4, -0.2) is 19.9 Å². The molecule has 6 heteroatoms. The van der Waals surface area contributed by atoms with Crippen molar-refractivity contribution < 1.29 is 9.15 Å². The average Bonchev–Trinajstić information content (AvgIpc) is 3.89. The molecule has 0 amide bonds. The molecule has 12 aromatic rings. The van der Waals surface area contributed by atoms with Gasteiger partial charge in [0, 0.05) is 54.9 Å². The molecule has 0 radical (unpaired) electrons. The van der Waals surface area contributed by atoms with Crippen LogP contribution in [0.15, 0.2) is 211 Å². The fourth-order valence-corrected chi connectivity index (χ4v) is 10.6. The van der Waals surface area contributed by atoms with Gasteiger partial charge in [0.25, 0.3) is 0 Å². The third-order valence-corrected chi connectivity index (χ3v) is 13.4. The van der Waals surface area contributed by atoms with Crippen LogP contribution in [0.4, 0.5) is 0 Å². The van der Waals surface area contributed by atoms with Gasteiger partial charge >= 0.3 is 0 Å². The van der Waals surface area contributed by atoms with E-state index in [0.717, 1.165) is 94.2 Å². The summed E-state index contributed by atoms with van der Waals surface area (Å²) in [6.07, 6.45) is 0. The van der Waals surface area contributed by atoms with Crippen LogP contribution in [0.25, 0.3) is 100 Å². The summed E-state index contributed by atoms with van der Waals surface area (Å²) in [4.78, 5) is 21.0. The molecule has 4 heterocycles. The number of fused-ring (bicyclic) bond motifs is 15. The van der Waals surface area contributed by atoms with E-state index in [-0.39, 0.29) is 0 Å². The minimum atomic E-state index is -0.587. The summed E-state index contributed by atoms with van der Waals surface area (Å²) in [5.41, 5.74) is 13.6. The van der Waals surface area contributed by atoms with Gasteiger partial charge in [0.1, 0.15) is 22.7 Å². The number of hydrogen-bond donors (Lipinski definition) is 0. The molecule has 0 saturated heterocycles. The first-order chi connectivity index (χ1) is 32.2. The van der Waals surface area contributed by atoms with Crippen molar-refractivity contribution in [2.24, 2.45) is 0 Å². The SMILES string of the molecule is c1ccc(-c2nc(-c3cccc(-c4nc5ccccc5c5cc6c(cc45)-c4ccccc4C64c5ccccc5Oc5ccccc54)c3)nc(-c3cccc4oc5ccccc5c34)n2)cc1. The van der Waals surface area contributed by atoms with Crippen LogP contribution < -0.4 is 4.74 Å². The Kier molecular flexibility index (Phi) is 7.51. The van der Waals surface area contributed by atoms with Gasteiger partial charge in [0.05, 0.1) is 16.6 Å². The average molecular weight is 831 g/mol. The third-order valence-electron chi connectivity index (χ3n) is 13.4. The molecular formula is C59H34N4O2. The van der Waals surface area contributed by atoms with Crippen molar-refractivity contribution in [3.05, 3.63) is 229 Å². The summed E-state index contributed by atoms with van der Waals surface area (Å²) in [6.45, 7) is 0. The molecule has 1 spiro atoms. The summed E-state index contributed by atoms with van der Waals surface area (Å²) in [5, 5.41) is 5.30. The zero-order chi connectivity index (χ0) is 42.6. The highest BCUT2D eigenvalue weighted by Gasteiger charge is 2.51. The second-order valence-electron chi connectivity index (χ2n) is 16.8. The molecule has 0 bridgehead atoms. The standard InChI is InChI=1S/C59H34N4O2/c1-2-16-35(17-3-1)56-61-57(63-58(62-56)41-23-15-31-53-54(41)40-22-6-11-28-50(40)64-53)37-19-14-18-36(32-37)55-44-33-43-38-20-4-7-24-45(38)59(48(43)34-42(44)39-21-5-10-27-49(39)60-55)46-25-8-12-29-51(46)65-52-30-13-9-26-47(52)59/h1-34H. The Morgan fingerprint density at radius 2 is 0.938 bits per heavy atom. The second-order valence-corrected chi connectivity index (χ2v) is 16.8. The van der Waals surface area contributed by atoms with Gasteiger partial charge in [-0.05, 0) is 76.2 Å². The van der Waals surface area contributed by atoms with Crippen molar-refractivity contribution in [2.75, 3.05) is 0 Å². The largest absolute Gasteiger partial charge is 0.457 e. The highest BCUT2D eigenvalue weighted by Crippen LogP contribution is 2.62. The van der Waals surface area contributed by atoms with E-state index in [4.69, 9.17) is 29.1 Å². The maximum atomic E-state index is 6.65. The van der Waals surface area contributed by atoms with Gasteiger partial charge in [0.2, 0.25) is 0 Å². The Labute approximate surface area is 373 Å². The van der Waals surface area contributed by atoms with Crippen LogP contribution in [0.3, 0.4) is 0 Å². The lowest BCUT2D eigenvalue weighted by Crippen LogP contribution is -2.32. The van der Waals surface area contributed by atoms with Crippen LogP contribution in [0.5, 0.6) is 11.5 Å². The first-order valence-electron chi connectivity index (χ1n) is 21.9. The monoisotopic (exact) mass is 830 g/mol. The molecule has 65 heavy (non-hydrogen) atoms. The number of ether oxygens (including phenoxy) is 1. The van der Waals surface area contributed by atoms with E-state index < -0.39 is 5.41 Å². The molecular weight excluding hydrogens is 797 g/mol. The summed E-state index contributed by atoms with van der Waals surface area (Å²) < 4.78 is 12.9. The van der Waals surface area contributed by atoms with Gasteiger partial charge in [0.15, 0.2) is 17.5 Å². The van der Waals surface area contributed by atoms with Gasteiger partial charge in [-0.3, -0.25) is 0 Å². The van der Waals surface area contributed by atoms with Gasteiger partial charge in [-0.15, -0.1) is 0 Å². The number of nitrogens with zero attached hydrogens (tertiary/aromatic N) is 4. The predicted octanol–water partition coefficient (Wildman–Crippen LogP) is 14.6. The lowest BCUT2D eigenvalue weighted by molar-refractivity contribution is 0.436. The van der Waals surface area contributed by atoms with E-state index in [1.807, 2.05) is 60.7 Å². The van der Waals surface area contributed by atoms with Crippen molar-refractivity contribution in [3.63, 3.8) is 0 Å². The first kappa shape index (κ1) is 35.8. The zero-order valence-corrected chi connectivity index (χ0v) is 34.7. The van der Waals surface area contributed by atoms with Gasteiger partial charge in [-0.2, -0.15) is 0 Å². The minimum absolute atomic E-state index is 0.569. The molecule has 302 valence electrons. The van der Waals surface area contributed by atoms with Crippen LogP contribution in [0.2, 0.25) is 0 Å². The van der Waals surface area contributed by atoms with E-state index in [2.05, 4.69) is 146 Å². The van der Waals surface area contributed by atoms with Crippen LogP contribution >= 0.6 is 0 Å². The number of furan rings is 1. The van der Waals surface area contributed by atoms with Crippen LogP contribution in [0, 0.1) is 0 Å². The molecule has 9 aromatic carbocycles. The Morgan fingerprint density at radius 1 is 0.338 bits per heavy atom. The molecule has 3 aromatic heterocycles. The van der Waals surface area contributed by atoms with Crippen molar-refractivity contribution in [1.82, 2.24) is 19.9 Å². The molecule has 1 aliphatic carbocycles. The maximum Gasteiger partial charge on any atom is 0.164 e. The number of pyridine rings is 1. The summed E-state index contributed by atoms with van der Waals surface area (Å²) in [5.74, 6) is 3.48. The van der Waals surface area contributed by atoms with Gasteiger partial charge in [-0.25, -0.2) is 19.9 Å². The number of rotatable bonds is 4. The van der Waals surface area contributed by atoms with Crippen molar-refractivity contribution >= 4 is 43.6 Å². The molecule has 0 N–H and O–H groups in total. The lowest BCUT2D eigenvalue weighted by atomic mass is 9.66. The molecule has 6 nitrogen and oxygen atoms in total. The highest BCUT2D eigenvalue weighted by atomic mass is 16.5. The van der Waals surface area contributed by atoms with E-state index in [0.29, 0.717) is 17.5 Å². The summed E-state index contributed by atoms with van der Waals surface area (Å²) in [7, 11) is 0. The Morgan fingerprint density at radius 3 is 1.77 bits per heavy atom. The normalized spacial score (nSPS) is 13.2. The maximum absolute atomic E-state index is 6.65. The van der Waals surface area contributed by atoms with Crippen LogP contribution in [-0.2, 0) is 5.41 Å². The molecule has 14 rings (SSSR count). The third kappa shape index (κ3) is 5.16. The van der Waals surface area contributed by atoms with E-state index in [1.54, 1.807) is 0 Å². The van der Waals surface area contributed by atoms with E-state index >= 15 is 0 Å². The fourth-order valence-electron chi connectivity index (χ4n) is 10.6. The zero-order valence-electron chi connectivity index (χ0n) is 34.7. The Hall–Kier alpha value is -8.74. The predicted molar refractivity (Wildman–Crippen MR) is 259 cm³/mol. The number of para-hydroxylation sites is 4. The molecule has 2 aliphatic rings. The van der Waals surface area contributed by atoms with E-state index in [9.17, 15) is 0 Å². The Bertz CT molecular complexity index is 3900. The smallest absolute Gasteiger partial charge is 0.164 e. The highest BCUT2D eigenvalue weighted by molar-refractivity contribution is 6.14. The number of aromatic nitrogens is 4. The molecule has 0 fully saturated rings. The summed E-state index contributed by atoms with van der Waals surface area (Å²) >= 11 is 0. The fraction of sp³-hybridized carbons (Fsp3) is 0.0169.